The van der Waals surface area contributed by atoms with E-state index in [1.54, 1.807) is 0 Å². The molecule has 0 radical (unpaired) electrons. The van der Waals surface area contributed by atoms with E-state index in [9.17, 15) is 4.79 Å². The summed E-state index contributed by atoms with van der Waals surface area (Å²) in [6.07, 6.45) is 6.96. The van der Waals surface area contributed by atoms with Gasteiger partial charge in [-0.25, -0.2) is 4.98 Å². The molecule has 0 saturated heterocycles. The van der Waals surface area contributed by atoms with Gasteiger partial charge >= 0.3 is 0 Å². The Kier molecular flexibility index (Phi) is 3.44. The van der Waals surface area contributed by atoms with Crippen LogP contribution in [0.4, 0.5) is 5.69 Å². The van der Waals surface area contributed by atoms with Crippen LogP contribution >= 0.6 is 0 Å². The standard InChI is InChI=1S/C15H20N4O/c1-10-8-19-9-12(5-6-14(19)17-10)18-15(20)13-4-2-3-11(13)7-16/h5-6,8-9,11,13H,2-4,7,16H2,1H3,(H,18,20)/t11-,13-/m1/s1. The van der Waals surface area contributed by atoms with Crippen molar-refractivity contribution in [2.45, 2.75) is 26.2 Å². The molecule has 2 atom stereocenters. The molecule has 0 spiro atoms. The van der Waals surface area contributed by atoms with Gasteiger partial charge in [0.25, 0.3) is 0 Å². The lowest BCUT2D eigenvalue weighted by atomic mass is 9.95. The topological polar surface area (TPSA) is 72.4 Å². The lowest BCUT2D eigenvalue weighted by Gasteiger charge is -2.17. The Hall–Kier alpha value is -1.88. The summed E-state index contributed by atoms with van der Waals surface area (Å²) in [5.74, 6) is 0.476. The Balaban J connectivity index is 1.76. The Bertz CT molecular complexity index is 634. The van der Waals surface area contributed by atoms with Crippen LogP contribution in [0.25, 0.3) is 5.65 Å². The average Bonchev–Trinajstić information content (AvgIpc) is 3.02. The van der Waals surface area contributed by atoms with Crippen LogP contribution in [0.2, 0.25) is 0 Å². The van der Waals surface area contributed by atoms with Crippen molar-refractivity contribution < 1.29 is 4.79 Å². The van der Waals surface area contributed by atoms with Gasteiger partial charge in [-0.1, -0.05) is 6.42 Å². The molecule has 0 bridgehead atoms. The second kappa shape index (κ2) is 5.25. The zero-order valence-corrected chi connectivity index (χ0v) is 11.7. The summed E-state index contributed by atoms with van der Waals surface area (Å²) in [7, 11) is 0. The fourth-order valence-corrected chi connectivity index (χ4v) is 3.09. The van der Waals surface area contributed by atoms with Crippen molar-refractivity contribution in [1.29, 1.82) is 0 Å². The predicted molar refractivity (Wildman–Crippen MR) is 78.4 cm³/mol. The van der Waals surface area contributed by atoms with Gasteiger partial charge in [0.15, 0.2) is 0 Å². The summed E-state index contributed by atoms with van der Waals surface area (Å²) in [4.78, 5) is 16.7. The first-order valence-corrected chi connectivity index (χ1v) is 7.13. The monoisotopic (exact) mass is 272 g/mol. The molecule has 0 unspecified atom stereocenters. The minimum atomic E-state index is 0.0558. The first-order chi connectivity index (χ1) is 9.67. The highest BCUT2D eigenvalue weighted by molar-refractivity contribution is 5.92. The van der Waals surface area contributed by atoms with Gasteiger partial charge in [0.05, 0.1) is 11.4 Å². The van der Waals surface area contributed by atoms with Gasteiger partial charge in [-0.3, -0.25) is 4.79 Å². The molecule has 1 aliphatic carbocycles. The number of carbonyl (C=O) groups is 1. The predicted octanol–water partition coefficient (Wildman–Crippen LogP) is 1.96. The van der Waals surface area contributed by atoms with Crippen molar-refractivity contribution in [3.05, 3.63) is 30.2 Å². The van der Waals surface area contributed by atoms with E-state index in [0.717, 1.165) is 36.3 Å². The number of rotatable bonds is 3. The zero-order chi connectivity index (χ0) is 14.1. The minimum Gasteiger partial charge on any atom is -0.330 e. The third-order valence-electron chi connectivity index (χ3n) is 4.14. The fraction of sp³-hybridized carbons (Fsp3) is 0.467. The largest absolute Gasteiger partial charge is 0.330 e. The number of fused-ring (bicyclic) bond motifs is 1. The molecule has 2 aromatic rings. The number of anilines is 1. The van der Waals surface area contributed by atoms with Gasteiger partial charge in [0, 0.05) is 18.3 Å². The second-order valence-corrected chi connectivity index (χ2v) is 5.59. The van der Waals surface area contributed by atoms with Gasteiger partial charge in [0.2, 0.25) is 5.91 Å². The smallest absolute Gasteiger partial charge is 0.227 e. The van der Waals surface area contributed by atoms with Crippen molar-refractivity contribution in [1.82, 2.24) is 9.38 Å². The van der Waals surface area contributed by atoms with Crippen molar-refractivity contribution in [3.8, 4) is 0 Å². The molecule has 5 nitrogen and oxygen atoms in total. The maximum atomic E-state index is 12.3. The van der Waals surface area contributed by atoms with Gasteiger partial charge in [-0.15, -0.1) is 0 Å². The van der Waals surface area contributed by atoms with E-state index in [1.165, 1.54) is 0 Å². The molecule has 1 saturated carbocycles. The maximum absolute atomic E-state index is 12.3. The molecule has 3 N–H and O–H groups in total. The van der Waals surface area contributed by atoms with Crippen LogP contribution in [0.15, 0.2) is 24.5 Å². The van der Waals surface area contributed by atoms with E-state index in [1.807, 2.05) is 35.9 Å². The molecule has 1 fully saturated rings. The zero-order valence-electron chi connectivity index (χ0n) is 11.7. The molecule has 1 amide bonds. The summed E-state index contributed by atoms with van der Waals surface area (Å²) in [5, 5.41) is 3.01. The number of nitrogens with zero attached hydrogens (tertiary/aromatic N) is 2. The molecule has 0 aliphatic heterocycles. The lowest BCUT2D eigenvalue weighted by molar-refractivity contribution is -0.120. The van der Waals surface area contributed by atoms with E-state index in [2.05, 4.69) is 10.3 Å². The van der Waals surface area contributed by atoms with Crippen molar-refractivity contribution in [2.75, 3.05) is 11.9 Å². The number of pyridine rings is 1. The lowest BCUT2D eigenvalue weighted by Crippen LogP contribution is -2.29. The Morgan fingerprint density at radius 1 is 1.45 bits per heavy atom. The second-order valence-electron chi connectivity index (χ2n) is 5.59. The summed E-state index contributed by atoms with van der Waals surface area (Å²) in [5.41, 5.74) is 8.40. The van der Waals surface area contributed by atoms with E-state index in [0.29, 0.717) is 12.5 Å². The quantitative estimate of drug-likeness (QED) is 0.897. The van der Waals surface area contributed by atoms with Gasteiger partial charge in [-0.05, 0) is 44.4 Å². The Morgan fingerprint density at radius 2 is 2.30 bits per heavy atom. The number of hydrogen-bond acceptors (Lipinski definition) is 3. The number of aromatic nitrogens is 2. The first kappa shape index (κ1) is 13.1. The number of imidazole rings is 1. The average molecular weight is 272 g/mol. The maximum Gasteiger partial charge on any atom is 0.227 e. The van der Waals surface area contributed by atoms with Crippen LogP contribution in [0.3, 0.4) is 0 Å². The highest BCUT2D eigenvalue weighted by Crippen LogP contribution is 2.31. The Morgan fingerprint density at radius 3 is 3.10 bits per heavy atom. The SMILES string of the molecule is Cc1cn2cc(NC(=O)[C@@H]3CCC[C@@H]3CN)ccc2n1. The minimum absolute atomic E-state index is 0.0558. The molecule has 106 valence electrons. The number of hydrogen-bond donors (Lipinski definition) is 2. The number of aryl methyl sites for hydroxylation is 1. The van der Waals surface area contributed by atoms with Crippen molar-refractivity contribution >= 4 is 17.2 Å². The van der Waals surface area contributed by atoms with Gasteiger partial charge < -0.3 is 15.5 Å². The van der Waals surface area contributed by atoms with Crippen LogP contribution < -0.4 is 11.1 Å². The number of carbonyl (C=O) groups excluding carboxylic acids is 1. The first-order valence-electron chi connectivity index (χ1n) is 7.13. The van der Waals surface area contributed by atoms with Crippen LogP contribution in [-0.4, -0.2) is 21.8 Å². The van der Waals surface area contributed by atoms with E-state index < -0.39 is 0 Å². The van der Waals surface area contributed by atoms with Crippen LogP contribution in [0.1, 0.15) is 25.0 Å². The van der Waals surface area contributed by atoms with E-state index >= 15 is 0 Å². The van der Waals surface area contributed by atoms with E-state index in [4.69, 9.17) is 5.73 Å². The highest BCUT2D eigenvalue weighted by Gasteiger charge is 2.31. The van der Waals surface area contributed by atoms with Crippen molar-refractivity contribution in [3.63, 3.8) is 0 Å². The summed E-state index contributed by atoms with van der Waals surface area (Å²) < 4.78 is 1.93. The number of nitrogens with one attached hydrogen (secondary N) is 1. The third-order valence-corrected chi connectivity index (χ3v) is 4.14. The Labute approximate surface area is 118 Å². The molecule has 0 aromatic carbocycles. The molecule has 2 aromatic heterocycles. The molecule has 1 aliphatic rings. The summed E-state index contributed by atoms with van der Waals surface area (Å²) in [6.45, 7) is 2.55. The number of amides is 1. The highest BCUT2D eigenvalue weighted by atomic mass is 16.1. The summed E-state index contributed by atoms with van der Waals surface area (Å²) >= 11 is 0. The number of nitrogens with two attached hydrogens (primary N) is 1. The van der Waals surface area contributed by atoms with Crippen LogP contribution in [-0.2, 0) is 4.79 Å². The molecular formula is C15H20N4O. The summed E-state index contributed by atoms with van der Waals surface area (Å²) in [6, 6.07) is 3.81. The molecular weight excluding hydrogens is 252 g/mol. The third kappa shape index (κ3) is 2.41. The normalized spacial score (nSPS) is 22.3. The molecule has 5 heteroatoms. The van der Waals surface area contributed by atoms with Crippen molar-refractivity contribution in [2.24, 2.45) is 17.6 Å². The van der Waals surface area contributed by atoms with Crippen LogP contribution in [0, 0.1) is 18.8 Å². The molecule has 20 heavy (non-hydrogen) atoms. The van der Waals surface area contributed by atoms with Crippen LogP contribution in [0.5, 0.6) is 0 Å². The fourth-order valence-electron chi connectivity index (χ4n) is 3.09. The van der Waals surface area contributed by atoms with Gasteiger partial charge in [-0.2, -0.15) is 0 Å². The van der Waals surface area contributed by atoms with E-state index in [-0.39, 0.29) is 11.8 Å². The molecule has 3 rings (SSSR count). The molecule has 2 heterocycles. The van der Waals surface area contributed by atoms with Gasteiger partial charge in [0.1, 0.15) is 5.65 Å².